The second-order valence-corrected chi connectivity index (χ2v) is 6.56. The summed E-state index contributed by atoms with van der Waals surface area (Å²) in [6, 6.07) is 10.3. The van der Waals surface area contributed by atoms with Crippen molar-refractivity contribution in [2.45, 2.75) is 25.9 Å². The standard InChI is InChI=1S/C20H21F2N5O/c1-13(16-6-9-18(21)19(22)10-16)25-20(28)26(3)14(2)15-4-7-17(8-5-15)27-12-23-11-24-27/h4-14H,1-3H3,(H,25,28). The van der Waals surface area contributed by atoms with Gasteiger partial charge in [-0.25, -0.2) is 23.2 Å². The molecule has 3 aromatic rings. The molecule has 1 N–H and O–H groups in total. The van der Waals surface area contributed by atoms with Gasteiger partial charge in [0.25, 0.3) is 0 Å². The number of hydrogen-bond donors (Lipinski definition) is 1. The third kappa shape index (κ3) is 4.16. The number of halogens is 2. The molecule has 0 saturated carbocycles. The predicted octanol–water partition coefficient (Wildman–Crippen LogP) is 4.01. The van der Waals surface area contributed by atoms with Crippen molar-refractivity contribution in [1.82, 2.24) is 25.0 Å². The highest BCUT2D eigenvalue weighted by Gasteiger charge is 2.20. The quantitative estimate of drug-likeness (QED) is 0.722. The van der Waals surface area contributed by atoms with Crippen LogP contribution in [-0.4, -0.2) is 32.7 Å². The number of carbonyl (C=O) groups is 1. The van der Waals surface area contributed by atoms with Gasteiger partial charge in [-0.1, -0.05) is 18.2 Å². The Balaban J connectivity index is 1.65. The number of urea groups is 1. The second-order valence-electron chi connectivity index (χ2n) is 6.56. The van der Waals surface area contributed by atoms with Gasteiger partial charge in [-0.15, -0.1) is 0 Å². The summed E-state index contributed by atoms with van der Waals surface area (Å²) in [5.74, 6) is -1.85. The number of carbonyl (C=O) groups excluding carboxylic acids is 1. The summed E-state index contributed by atoms with van der Waals surface area (Å²) in [6.45, 7) is 3.63. The maximum absolute atomic E-state index is 13.4. The number of rotatable bonds is 5. The molecule has 28 heavy (non-hydrogen) atoms. The van der Waals surface area contributed by atoms with E-state index in [0.29, 0.717) is 5.56 Å². The fourth-order valence-corrected chi connectivity index (χ4v) is 2.80. The van der Waals surface area contributed by atoms with Crippen LogP contribution >= 0.6 is 0 Å². The summed E-state index contributed by atoms with van der Waals surface area (Å²) in [4.78, 5) is 18.0. The lowest BCUT2D eigenvalue weighted by molar-refractivity contribution is 0.191. The van der Waals surface area contributed by atoms with Crippen LogP contribution in [0, 0.1) is 11.6 Å². The average Bonchev–Trinajstić information content (AvgIpc) is 3.23. The molecule has 0 fully saturated rings. The molecule has 0 saturated heterocycles. The smallest absolute Gasteiger partial charge is 0.318 e. The molecule has 2 aromatic carbocycles. The van der Waals surface area contributed by atoms with E-state index in [4.69, 9.17) is 0 Å². The van der Waals surface area contributed by atoms with Crippen molar-refractivity contribution in [2.75, 3.05) is 7.05 Å². The lowest BCUT2D eigenvalue weighted by Gasteiger charge is -2.27. The van der Waals surface area contributed by atoms with Crippen LogP contribution in [0.1, 0.15) is 37.1 Å². The predicted molar refractivity (Wildman–Crippen MR) is 101 cm³/mol. The summed E-state index contributed by atoms with van der Waals surface area (Å²) < 4.78 is 28.1. The van der Waals surface area contributed by atoms with Gasteiger partial charge < -0.3 is 10.2 Å². The molecule has 0 aliphatic rings. The largest absolute Gasteiger partial charge is 0.331 e. The fraction of sp³-hybridized carbons (Fsp3) is 0.250. The Morgan fingerprint density at radius 3 is 2.36 bits per heavy atom. The highest BCUT2D eigenvalue weighted by molar-refractivity contribution is 5.75. The molecular formula is C20H21F2N5O. The van der Waals surface area contributed by atoms with Crippen LogP contribution in [-0.2, 0) is 0 Å². The van der Waals surface area contributed by atoms with Crippen molar-refractivity contribution >= 4 is 6.03 Å². The Bertz CT molecular complexity index is 944. The molecule has 1 heterocycles. The molecule has 6 nitrogen and oxygen atoms in total. The minimum atomic E-state index is -0.937. The summed E-state index contributed by atoms with van der Waals surface area (Å²) >= 11 is 0. The molecule has 0 radical (unpaired) electrons. The maximum Gasteiger partial charge on any atom is 0.318 e. The third-order valence-corrected chi connectivity index (χ3v) is 4.74. The third-order valence-electron chi connectivity index (χ3n) is 4.74. The minimum absolute atomic E-state index is 0.193. The van der Waals surface area contributed by atoms with Crippen molar-refractivity contribution in [1.29, 1.82) is 0 Å². The van der Waals surface area contributed by atoms with Gasteiger partial charge in [-0.2, -0.15) is 5.10 Å². The number of benzene rings is 2. The van der Waals surface area contributed by atoms with E-state index < -0.39 is 17.7 Å². The molecular weight excluding hydrogens is 364 g/mol. The number of nitrogens with one attached hydrogen (secondary N) is 1. The van der Waals surface area contributed by atoms with E-state index in [0.717, 1.165) is 23.4 Å². The Kier molecular flexibility index (Phi) is 5.67. The van der Waals surface area contributed by atoms with Crippen molar-refractivity contribution in [3.8, 4) is 5.69 Å². The molecule has 146 valence electrons. The molecule has 0 bridgehead atoms. The van der Waals surface area contributed by atoms with Crippen molar-refractivity contribution in [3.63, 3.8) is 0 Å². The Labute approximate surface area is 161 Å². The van der Waals surface area contributed by atoms with Crippen molar-refractivity contribution in [2.24, 2.45) is 0 Å². The lowest BCUT2D eigenvalue weighted by atomic mass is 10.1. The van der Waals surface area contributed by atoms with Gasteiger partial charge in [0.2, 0.25) is 0 Å². The molecule has 0 spiro atoms. The molecule has 0 aliphatic heterocycles. The molecule has 8 heteroatoms. The van der Waals surface area contributed by atoms with Crippen LogP contribution in [0.15, 0.2) is 55.1 Å². The highest BCUT2D eigenvalue weighted by atomic mass is 19.2. The van der Waals surface area contributed by atoms with Gasteiger partial charge in [-0.05, 0) is 49.2 Å². The van der Waals surface area contributed by atoms with E-state index >= 15 is 0 Å². The number of hydrogen-bond acceptors (Lipinski definition) is 3. The van der Waals surface area contributed by atoms with Gasteiger partial charge in [0.05, 0.1) is 17.8 Å². The SMILES string of the molecule is CC(NC(=O)N(C)C(C)c1ccc(-n2cncn2)cc1)c1ccc(F)c(F)c1. The van der Waals surface area contributed by atoms with Gasteiger partial charge in [0.15, 0.2) is 11.6 Å². The zero-order chi connectivity index (χ0) is 20.3. The van der Waals surface area contributed by atoms with E-state index in [1.54, 1.807) is 29.9 Å². The van der Waals surface area contributed by atoms with Crippen LogP contribution in [0.25, 0.3) is 5.69 Å². The van der Waals surface area contributed by atoms with Gasteiger partial charge >= 0.3 is 6.03 Å². The van der Waals surface area contributed by atoms with E-state index in [9.17, 15) is 13.6 Å². The summed E-state index contributed by atoms with van der Waals surface area (Å²) in [6.07, 6.45) is 3.07. The van der Waals surface area contributed by atoms with E-state index in [-0.39, 0.29) is 12.1 Å². The summed E-state index contributed by atoms with van der Waals surface area (Å²) in [5, 5.41) is 6.88. The second kappa shape index (κ2) is 8.16. The van der Waals surface area contributed by atoms with E-state index in [2.05, 4.69) is 15.4 Å². The first-order valence-corrected chi connectivity index (χ1v) is 8.80. The first-order valence-electron chi connectivity index (χ1n) is 8.80. The highest BCUT2D eigenvalue weighted by Crippen LogP contribution is 2.22. The van der Waals surface area contributed by atoms with Crippen LogP contribution in [0.5, 0.6) is 0 Å². The van der Waals surface area contributed by atoms with Gasteiger partial charge in [-0.3, -0.25) is 0 Å². The number of amides is 2. The molecule has 1 aromatic heterocycles. The lowest BCUT2D eigenvalue weighted by Crippen LogP contribution is -2.40. The number of nitrogens with zero attached hydrogens (tertiary/aromatic N) is 4. The normalized spacial score (nSPS) is 13.0. The zero-order valence-electron chi connectivity index (χ0n) is 15.8. The molecule has 0 aliphatic carbocycles. The van der Waals surface area contributed by atoms with Crippen LogP contribution in [0.4, 0.5) is 13.6 Å². The van der Waals surface area contributed by atoms with Crippen molar-refractivity contribution in [3.05, 3.63) is 77.9 Å². The first-order chi connectivity index (χ1) is 13.4. The number of aromatic nitrogens is 3. The average molecular weight is 385 g/mol. The Hall–Kier alpha value is -3.29. The van der Waals surface area contributed by atoms with Gasteiger partial charge in [0.1, 0.15) is 12.7 Å². The molecule has 2 amide bonds. The molecule has 3 rings (SSSR count). The summed E-state index contributed by atoms with van der Waals surface area (Å²) in [7, 11) is 1.68. The van der Waals surface area contributed by atoms with Crippen LogP contribution < -0.4 is 5.32 Å². The minimum Gasteiger partial charge on any atom is -0.331 e. The zero-order valence-corrected chi connectivity index (χ0v) is 15.8. The maximum atomic E-state index is 13.4. The van der Waals surface area contributed by atoms with Crippen LogP contribution in [0.2, 0.25) is 0 Å². The molecule has 2 unspecified atom stereocenters. The fourth-order valence-electron chi connectivity index (χ4n) is 2.80. The topological polar surface area (TPSA) is 63.1 Å². The van der Waals surface area contributed by atoms with Crippen LogP contribution in [0.3, 0.4) is 0 Å². The molecule has 2 atom stereocenters. The Morgan fingerprint density at radius 2 is 1.75 bits per heavy atom. The Morgan fingerprint density at radius 1 is 1.07 bits per heavy atom. The van der Waals surface area contributed by atoms with Crippen molar-refractivity contribution < 1.29 is 13.6 Å². The van der Waals surface area contributed by atoms with Gasteiger partial charge in [0, 0.05) is 7.05 Å². The summed E-state index contributed by atoms with van der Waals surface area (Å²) in [5.41, 5.74) is 2.31. The first kappa shape index (κ1) is 19.5. The van der Waals surface area contributed by atoms with E-state index in [1.165, 1.54) is 12.4 Å². The van der Waals surface area contributed by atoms with E-state index in [1.807, 2.05) is 31.2 Å². The monoisotopic (exact) mass is 385 g/mol.